The quantitative estimate of drug-likeness (QED) is 0.288. The number of ether oxygens (including phenoxy) is 2. The van der Waals surface area contributed by atoms with Gasteiger partial charge in [-0.15, -0.1) is 0 Å². The highest BCUT2D eigenvalue weighted by Crippen LogP contribution is 2.57. The Morgan fingerprint density at radius 3 is 2.06 bits per heavy atom. The maximum absolute atomic E-state index is 14.9. The molecule has 5 atom stereocenters. The van der Waals surface area contributed by atoms with Crippen molar-refractivity contribution >= 4 is 0 Å². The van der Waals surface area contributed by atoms with Crippen molar-refractivity contribution in [1.82, 2.24) is 0 Å². The van der Waals surface area contributed by atoms with E-state index >= 15 is 0 Å². The maximum atomic E-state index is 14.9. The molecule has 0 spiro atoms. The van der Waals surface area contributed by atoms with Crippen LogP contribution in [-0.2, 0) is 9.47 Å². The van der Waals surface area contributed by atoms with E-state index in [0.29, 0.717) is 38.7 Å². The molecule has 0 aromatic rings. The SMILES string of the molecule is CCOC(C)OC1(C(F)(F)F)CCCCC1C(CC(C)(C)C)C(C)(C)CCC(C#N)C(C)(C)C. The smallest absolute Gasteiger partial charge is 0.353 e. The molecule has 5 unspecified atom stereocenters. The summed E-state index contributed by atoms with van der Waals surface area (Å²) < 4.78 is 56.1. The van der Waals surface area contributed by atoms with Crippen molar-refractivity contribution in [2.45, 2.75) is 132 Å². The molecule has 0 bridgehead atoms. The Labute approximate surface area is 207 Å². The summed E-state index contributed by atoms with van der Waals surface area (Å²) in [5, 5.41) is 9.74. The summed E-state index contributed by atoms with van der Waals surface area (Å²) in [6.07, 6.45) is -1.63. The van der Waals surface area contributed by atoms with Gasteiger partial charge in [0.2, 0.25) is 0 Å². The van der Waals surface area contributed by atoms with Crippen LogP contribution in [0.25, 0.3) is 0 Å². The highest BCUT2D eigenvalue weighted by Gasteiger charge is 2.64. The van der Waals surface area contributed by atoms with Gasteiger partial charge in [-0.3, -0.25) is 0 Å². The third-order valence-electron chi connectivity index (χ3n) is 7.77. The number of alkyl halides is 3. The van der Waals surface area contributed by atoms with E-state index in [1.807, 2.05) is 0 Å². The van der Waals surface area contributed by atoms with E-state index in [4.69, 9.17) is 9.47 Å². The van der Waals surface area contributed by atoms with Gasteiger partial charge >= 0.3 is 6.18 Å². The lowest BCUT2D eigenvalue weighted by atomic mass is 9.56. The average Bonchev–Trinajstić information content (AvgIpc) is 2.64. The molecule has 0 N–H and O–H groups in total. The zero-order valence-corrected chi connectivity index (χ0v) is 23.4. The molecule has 1 fully saturated rings. The first kappa shape index (κ1) is 31.2. The van der Waals surface area contributed by atoms with Crippen LogP contribution in [0.1, 0.15) is 114 Å². The van der Waals surface area contributed by atoms with Crippen molar-refractivity contribution in [3.8, 4) is 6.07 Å². The zero-order chi connectivity index (χ0) is 26.6. The van der Waals surface area contributed by atoms with Gasteiger partial charge in [-0.05, 0) is 68.1 Å². The number of nitrogens with zero attached hydrogens (tertiary/aromatic N) is 1. The predicted octanol–water partition coefficient (Wildman–Crippen LogP) is 8.92. The van der Waals surface area contributed by atoms with E-state index in [2.05, 4.69) is 61.5 Å². The summed E-state index contributed by atoms with van der Waals surface area (Å²) in [6, 6.07) is 2.44. The minimum absolute atomic E-state index is 0.0296. The molecule has 6 heteroatoms. The predicted molar refractivity (Wildman–Crippen MR) is 132 cm³/mol. The Morgan fingerprint density at radius 2 is 1.62 bits per heavy atom. The summed E-state index contributed by atoms with van der Waals surface area (Å²) in [7, 11) is 0. The number of hydrogen-bond donors (Lipinski definition) is 0. The van der Waals surface area contributed by atoms with Gasteiger partial charge < -0.3 is 9.47 Å². The number of hydrogen-bond acceptors (Lipinski definition) is 3. The van der Waals surface area contributed by atoms with Crippen molar-refractivity contribution in [2.24, 2.45) is 34.0 Å². The Kier molecular flexibility index (Phi) is 10.6. The molecule has 1 saturated carbocycles. The summed E-state index contributed by atoms with van der Waals surface area (Å²) in [5.74, 6) is -1.01. The standard InChI is InChI=1S/C28H50F3NO2/c1-11-33-20(2)34-27(28(29,30)31)16-13-12-14-22(27)23(18-24(3,4)5)26(9,10)17-15-21(19-32)25(6,7)8/h20-23H,11-18H2,1-10H3. The zero-order valence-electron chi connectivity index (χ0n) is 23.4. The van der Waals surface area contributed by atoms with Crippen molar-refractivity contribution in [3.63, 3.8) is 0 Å². The van der Waals surface area contributed by atoms with E-state index in [-0.39, 0.29) is 34.5 Å². The fourth-order valence-corrected chi connectivity index (χ4v) is 5.84. The molecule has 0 aromatic heterocycles. The van der Waals surface area contributed by atoms with Crippen LogP contribution in [0.3, 0.4) is 0 Å². The van der Waals surface area contributed by atoms with Gasteiger partial charge in [0.05, 0.1) is 12.0 Å². The van der Waals surface area contributed by atoms with Crippen molar-refractivity contribution in [2.75, 3.05) is 6.61 Å². The van der Waals surface area contributed by atoms with Gasteiger partial charge in [0.25, 0.3) is 0 Å². The van der Waals surface area contributed by atoms with Gasteiger partial charge in [0.15, 0.2) is 11.9 Å². The summed E-state index contributed by atoms with van der Waals surface area (Å²) in [6.45, 7) is 20.3. The van der Waals surface area contributed by atoms with E-state index < -0.39 is 24.0 Å². The Balaban J connectivity index is 3.49. The molecular weight excluding hydrogens is 439 g/mol. The topological polar surface area (TPSA) is 42.2 Å². The highest BCUT2D eigenvalue weighted by atomic mass is 19.4. The molecule has 0 aromatic carbocycles. The maximum Gasteiger partial charge on any atom is 0.417 e. The first-order valence-electron chi connectivity index (χ1n) is 13.1. The second-order valence-electron chi connectivity index (χ2n) is 13.3. The fourth-order valence-electron chi connectivity index (χ4n) is 5.84. The Bertz CT molecular complexity index is 669. The number of halogens is 3. The lowest BCUT2D eigenvalue weighted by Gasteiger charge is -2.53. The van der Waals surface area contributed by atoms with Gasteiger partial charge in [-0.1, -0.05) is 68.2 Å². The van der Waals surface area contributed by atoms with Gasteiger partial charge in [0, 0.05) is 12.5 Å². The van der Waals surface area contributed by atoms with Crippen molar-refractivity contribution in [1.29, 1.82) is 5.26 Å². The molecule has 34 heavy (non-hydrogen) atoms. The molecule has 0 amide bonds. The molecule has 0 heterocycles. The van der Waals surface area contributed by atoms with E-state index in [1.165, 1.54) is 0 Å². The molecular formula is C28H50F3NO2. The first-order valence-corrected chi connectivity index (χ1v) is 13.1. The van der Waals surface area contributed by atoms with Gasteiger partial charge in [0.1, 0.15) is 0 Å². The number of rotatable bonds is 10. The molecule has 0 radical (unpaired) electrons. The van der Waals surface area contributed by atoms with Crippen molar-refractivity contribution < 1.29 is 22.6 Å². The highest BCUT2D eigenvalue weighted by molar-refractivity contribution is 5.04. The lowest BCUT2D eigenvalue weighted by Crippen LogP contribution is -2.60. The molecule has 200 valence electrons. The molecule has 1 aliphatic carbocycles. The van der Waals surface area contributed by atoms with Crippen LogP contribution < -0.4 is 0 Å². The van der Waals surface area contributed by atoms with Crippen LogP contribution in [0, 0.1) is 45.3 Å². The molecule has 0 aliphatic heterocycles. The van der Waals surface area contributed by atoms with Crippen molar-refractivity contribution in [3.05, 3.63) is 0 Å². The van der Waals surface area contributed by atoms with Crippen LogP contribution in [0.15, 0.2) is 0 Å². The lowest BCUT2D eigenvalue weighted by molar-refractivity contribution is -0.353. The van der Waals surface area contributed by atoms with Crippen LogP contribution in [0.5, 0.6) is 0 Å². The van der Waals surface area contributed by atoms with Crippen LogP contribution >= 0.6 is 0 Å². The van der Waals surface area contributed by atoms with Crippen LogP contribution in [-0.4, -0.2) is 24.7 Å². The molecule has 0 saturated heterocycles. The Hall–Kier alpha value is -0.800. The van der Waals surface area contributed by atoms with Gasteiger partial charge in [-0.25, -0.2) is 0 Å². The molecule has 3 nitrogen and oxygen atoms in total. The number of nitriles is 1. The monoisotopic (exact) mass is 489 g/mol. The summed E-state index contributed by atoms with van der Waals surface area (Å²) in [5.41, 5.74) is -2.90. The van der Waals surface area contributed by atoms with Crippen LogP contribution in [0.2, 0.25) is 0 Å². The fraction of sp³-hybridized carbons (Fsp3) is 0.964. The molecule has 1 aliphatic rings. The van der Waals surface area contributed by atoms with Crippen LogP contribution in [0.4, 0.5) is 13.2 Å². The average molecular weight is 490 g/mol. The Morgan fingerprint density at radius 1 is 1.03 bits per heavy atom. The van der Waals surface area contributed by atoms with Gasteiger partial charge in [-0.2, -0.15) is 18.4 Å². The summed E-state index contributed by atoms with van der Waals surface area (Å²) in [4.78, 5) is 0. The third-order valence-corrected chi connectivity index (χ3v) is 7.77. The first-order chi connectivity index (χ1) is 15.3. The second kappa shape index (κ2) is 11.5. The minimum atomic E-state index is -4.49. The third kappa shape index (κ3) is 8.12. The van der Waals surface area contributed by atoms with E-state index in [1.54, 1.807) is 13.8 Å². The molecule has 1 rings (SSSR count). The largest absolute Gasteiger partial charge is 0.417 e. The minimum Gasteiger partial charge on any atom is -0.353 e. The normalized spacial score (nSPS) is 25.5. The van der Waals surface area contributed by atoms with E-state index in [0.717, 1.165) is 6.42 Å². The second-order valence-corrected chi connectivity index (χ2v) is 13.3. The summed E-state index contributed by atoms with van der Waals surface area (Å²) >= 11 is 0. The van der Waals surface area contributed by atoms with E-state index in [9.17, 15) is 18.4 Å².